The Morgan fingerprint density at radius 3 is 2.20 bits per heavy atom. The third kappa shape index (κ3) is 6.03. The molecule has 0 radical (unpaired) electrons. The number of rotatable bonds is 0. The molecule has 0 atom stereocenters. The molecule has 0 nitrogen and oxygen atoms in total. The predicted molar refractivity (Wildman–Crippen MR) is 44.2 cm³/mol. The summed E-state index contributed by atoms with van der Waals surface area (Å²) in [6.07, 6.45) is 0. The summed E-state index contributed by atoms with van der Waals surface area (Å²) < 4.78 is 0. The molecule has 0 bridgehead atoms. The summed E-state index contributed by atoms with van der Waals surface area (Å²) in [5.74, 6) is 0. The molecule has 0 aromatic carbocycles. The third-order valence-electron chi connectivity index (χ3n) is 0.0617. The summed E-state index contributed by atoms with van der Waals surface area (Å²) in [6, 6.07) is 0. The molecule has 0 heterocycles. The molecule has 0 fully saturated rings. The van der Waals surface area contributed by atoms with E-state index in [-0.39, 0.29) is 8.08 Å². The van der Waals surface area contributed by atoms with E-state index >= 15 is 0 Å². The molecule has 0 rings (SSSR count). The number of halogens is 1. The molecule has 0 aliphatic heterocycles. The fraction of sp³-hybridized carbons (Fsp3) is 0. The van der Waals surface area contributed by atoms with Crippen molar-refractivity contribution in [1.82, 2.24) is 0 Å². The minimum atomic E-state index is 0.0252. The molecule has 30 valence electrons. The number of thiol groups is 1. The second-order valence-corrected chi connectivity index (χ2v) is 10.8. The standard InChI is InChI=1S/HIP2S2/c1-3-5(2)4/h4H. The molecule has 0 amide bonds. The topological polar surface area (TPSA) is 0 Å². The molecule has 0 aliphatic carbocycles. The molecule has 5 heteroatoms. The second-order valence-electron chi connectivity index (χ2n) is 0.314. The molecule has 0 aromatic heterocycles. The van der Waals surface area contributed by atoms with Crippen LogP contribution in [-0.2, 0) is 8.08 Å². The Kier molecular flexibility index (Phi) is 5.90. The van der Waals surface area contributed by atoms with Crippen LogP contribution in [0.5, 0.6) is 0 Å². The summed E-state index contributed by atoms with van der Waals surface area (Å²) in [5, 5.41) is 0. The van der Waals surface area contributed by atoms with E-state index in [0.29, 0.717) is 0 Å². The van der Waals surface area contributed by atoms with E-state index in [1.807, 2.05) is 0 Å². The van der Waals surface area contributed by atoms with Gasteiger partial charge < -0.3 is 0 Å². The van der Waals surface area contributed by atoms with Crippen LogP contribution < -0.4 is 0 Å². The van der Waals surface area contributed by atoms with E-state index in [1.165, 1.54) is 5.00 Å². The van der Waals surface area contributed by atoms with Crippen molar-refractivity contribution in [2.45, 2.75) is 0 Å². The Morgan fingerprint density at radius 1 is 2.00 bits per heavy atom. The van der Waals surface area contributed by atoms with Crippen molar-refractivity contribution < 1.29 is 0 Å². The first kappa shape index (κ1) is 7.03. The zero-order valence-electron chi connectivity index (χ0n) is 2.13. The van der Waals surface area contributed by atoms with Crippen LogP contribution in [-0.4, -0.2) is 0 Å². The van der Waals surface area contributed by atoms with E-state index in [1.54, 1.807) is 0 Å². The van der Waals surface area contributed by atoms with Gasteiger partial charge in [0.1, 0.15) is 0 Å². The van der Waals surface area contributed by atoms with E-state index < -0.39 is 0 Å². The fourth-order valence-electron chi connectivity index (χ4n) is 0. The maximum atomic E-state index is 3.97. The van der Waals surface area contributed by atoms with Gasteiger partial charge in [0.25, 0.3) is 0 Å². The summed E-state index contributed by atoms with van der Waals surface area (Å²) in [6.45, 7) is 0. The Morgan fingerprint density at radius 2 is 2.20 bits per heavy atom. The van der Waals surface area contributed by atoms with Gasteiger partial charge in [-0.25, -0.2) is 0 Å². The summed E-state index contributed by atoms with van der Waals surface area (Å²) >= 11 is 6.18. The van der Waals surface area contributed by atoms with E-state index in [9.17, 15) is 0 Å². The third-order valence-corrected chi connectivity index (χ3v) is 11.2. The zero-order valence-corrected chi connectivity index (χ0v) is 7.79. The molecular weight excluding hydrogens is 253 g/mol. The summed E-state index contributed by atoms with van der Waals surface area (Å²) in [7, 11) is 4.00. The van der Waals surface area contributed by atoms with Crippen LogP contribution in [0.4, 0.5) is 0 Å². The normalized spacial score (nSPS) is 11.8. The van der Waals surface area contributed by atoms with Gasteiger partial charge in [0.2, 0.25) is 0 Å². The minimum absolute atomic E-state index is 0.0252. The number of hydrogen-bond donors (Lipinski definition) is 1. The second kappa shape index (κ2) is 4.20. The molecule has 5 heavy (non-hydrogen) atoms. The van der Waals surface area contributed by atoms with Crippen LogP contribution in [0.2, 0.25) is 0 Å². The molecule has 0 spiro atoms. The Balaban J connectivity index is 3.82. The van der Waals surface area contributed by atoms with E-state index in [2.05, 4.69) is 41.5 Å². The van der Waals surface area contributed by atoms with Crippen LogP contribution in [0, 0.1) is 0 Å². The van der Waals surface area contributed by atoms with Gasteiger partial charge in [-0.2, -0.15) is 0 Å². The van der Waals surface area contributed by atoms with Gasteiger partial charge in [-0.1, -0.05) is 0 Å². The molecule has 0 saturated heterocycles. The first-order valence-corrected chi connectivity index (χ1v) is 8.33. The van der Waals surface area contributed by atoms with Gasteiger partial charge in [0.15, 0.2) is 0 Å². The van der Waals surface area contributed by atoms with Crippen molar-refractivity contribution in [2.75, 3.05) is 0 Å². The van der Waals surface area contributed by atoms with Gasteiger partial charge in [0, 0.05) is 0 Å². The van der Waals surface area contributed by atoms with Crippen molar-refractivity contribution in [3.05, 3.63) is 0 Å². The maximum absolute atomic E-state index is 3.97. The first-order valence-electron chi connectivity index (χ1n) is 0.717. The molecule has 0 unspecified atom stereocenters. The van der Waals surface area contributed by atoms with Crippen molar-refractivity contribution in [2.24, 2.45) is 0 Å². The average molecular weight is 254 g/mol. The van der Waals surface area contributed by atoms with Crippen molar-refractivity contribution in [3.63, 3.8) is 0 Å². The van der Waals surface area contributed by atoms with Gasteiger partial charge in [0.05, 0.1) is 0 Å². The van der Waals surface area contributed by atoms with Gasteiger partial charge >= 0.3 is 54.6 Å². The Hall–Kier alpha value is 2.03. The molecule has 0 aliphatic rings. The van der Waals surface area contributed by atoms with E-state index in [0.717, 1.165) is 0 Å². The van der Waals surface area contributed by atoms with Crippen LogP contribution in [0.15, 0.2) is 0 Å². The quantitative estimate of drug-likeness (QED) is 0.292. The molecule has 0 aromatic rings. The van der Waals surface area contributed by atoms with Crippen LogP contribution in [0.1, 0.15) is 0 Å². The van der Waals surface area contributed by atoms with Gasteiger partial charge in [-0.15, -0.1) is 0 Å². The van der Waals surface area contributed by atoms with Crippen molar-refractivity contribution in [1.29, 1.82) is 0 Å². The average Bonchev–Trinajstić information content (AvgIpc) is 1.38. The molecular formula is HIP2S2. The monoisotopic (exact) mass is 254 g/mol. The van der Waals surface area contributed by atoms with Crippen LogP contribution >= 0.6 is 46.5 Å². The van der Waals surface area contributed by atoms with Crippen molar-refractivity contribution >= 4 is 54.6 Å². The summed E-state index contributed by atoms with van der Waals surface area (Å²) in [4.78, 5) is 1.22. The molecule has 0 saturated carbocycles. The Labute approximate surface area is 54.2 Å². The summed E-state index contributed by atoms with van der Waals surface area (Å²) in [5.41, 5.74) is 0. The SMILES string of the molecule is P#S(S)=PI. The van der Waals surface area contributed by atoms with Crippen LogP contribution in [0.3, 0.4) is 0 Å². The van der Waals surface area contributed by atoms with Crippen molar-refractivity contribution in [3.8, 4) is 0 Å². The van der Waals surface area contributed by atoms with Gasteiger partial charge in [-0.3, -0.25) is 0 Å². The fourth-order valence-corrected chi connectivity index (χ4v) is 0. The Bertz CT molecular complexity index is 118. The predicted octanol–water partition coefficient (Wildman–Crippen LogP) is 2.99. The van der Waals surface area contributed by atoms with E-state index in [4.69, 9.17) is 0 Å². The molecule has 0 N–H and O–H groups in total. The van der Waals surface area contributed by atoms with Crippen LogP contribution in [0.25, 0.3) is 0 Å². The number of hydrogen-bond acceptors (Lipinski definition) is 0. The van der Waals surface area contributed by atoms with Gasteiger partial charge in [-0.05, 0) is 0 Å². The first-order chi connectivity index (χ1) is 2.27. The zero-order chi connectivity index (χ0) is 4.28.